The van der Waals surface area contributed by atoms with Crippen LogP contribution in [0.5, 0.6) is 0 Å². The first-order valence-corrected chi connectivity index (χ1v) is 3.25. The number of primary amides is 1. The van der Waals surface area contributed by atoms with E-state index in [2.05, 4.69) is 4.74 Å². The van der Waals surface area contributed by atoms with E-state index in [9.17, 15) is 4.79 Å². The van der Waals surface area contributed by atoms with E-state index in [0.717, 1.165) is 5.56 Å². The van der Waals surface area contributed by atoms with Gasteiger partial charge < -0.3 is 10.5 Å². The molecule has 1 aromatic carbocycles. The Balaban J connectivity index is 0.00000121. The molecule has 0 saturated heterocycles. The highest BCUT2D eigenvalue weighted by Crippen LogP contribution is 1.99. The second-order valence-corrected chi connectivity index (χ2v) is 2.09. The molecular formula is C8H10ClNO2. The third-order valence-electron chi connectivity index (χ3n) is 1.22. The third-order valence-corrected chi connectivity index (χ3v) is 1.22. The highest BCUT2D eigenvalue weighted by Gasteiger charge is 1.93. The van der Waals surface area contributed by atoms with Gasteiger partial charge in [-0.15, -0.1) is 12.4 Å². The lowest BCUT2D eigenvalue weighted by atomic mass is 10.2. The number of halogens is 1. The van der Waals surface area contributed by atoms with Gasteiger partial charge in [0.2, 0.25) is 0 Å². The van der Waals surface area contributed by atoms with E-state index in [1.807, 2.05) is 30.3 Å². The Kier molecular flexibility index (Phi) is 4.88. The van der Waals surface area contributed by atoms with Crippen molar-refractivity contribution >= 4 is 18.5 Å². The fourth-order valence-electron chi connectivity index (χ4n) is 0.729. The fourth-order valence-corrected chi connectivity index (χ4v) is 0.729. The molecule has 0 aliphatic carbocycles. The highest BCUT2D eigenvalue weighted by molar-refractivity contribution is 5.85. The molecule has 2 N–H and O–H groups in total. The Morgan fingerprint density at radius 1 is 1.33 bits per heavy atom. The van der Waals surface area contributed by atoms with Crippen molar-refractivity contribution in [3.8, 4) is 0 Å². The number of carbonyl (C=O) groups excluding carboxylic acids is 1. The van der Waals surface area contributed by atoms with Gasteiger partial charge in [-0.3, -0.25) is 0 Å². The molecule has 0 radical (unpaired) electrons. The van der Waals surface area contributed by atoms with Gasteiger partial charge in [-0.1, -0.05) is 30.3 Å². The van der Waals surface area contributed by atoms with Crippen molar-refractivity contribution in [1.29, 1.82) is 0 Å². The molecule has 0 aromatic heterocycles. The summed E-state index contributed by atoms with van der Waals surface area (Å²) in [5, 5.41) is 0. The Morgan fingerprint density at radius 3 is 2.42 bits per heavy atom. The van der Waals surface area contributed by atoms with Crippen molar-refractivity contribution in [2.45, 2.75) is 6.61 Å². The summed E-state index contributed by atoms with van der Waals surface area (Å²) >= 11 is 0. The lowest BCUT2D eigenvalue weighted by Crippen LogP contribution is -2.12. The van der Waals surface area contributed by atoms with Crippen molar-refractivity contribution in [3.05, 3.63) is 35.9 Å². The number of rotatable bonds is 2. The molecule has 0 saturated carbocycles. The summed E-state index contributed by atoms with van der Waals surface area (Å²) in [6, 6.07) is 9.37. The second-order valence-electron chi connectivity index (χ2n) is 2.09. The summed E-state index contributed by atoms with van der Waals surface area (Å²) in [6.45, 7) is 0.246. The van der Waals surface area contributed by atoms with Crippen molar-refractivity contribution in [1.82, 2.24) is 0 Å². The topological polar surface area (TPSA) is 52.3 Å². The maximum absolute atomic E-state index is 10.2. The predicted molar refractivity (Wildman–Crippen MR) is 48.1 cm³/mol. The Labute approximate surface area is 76.9 Å². The maximum atomic E-state index is 10.2. The van der Waals surface area contributed by atoms with Crippen LogP contribution in [0.4, 0.5) is 4.79 Å². The maximum Gasteiger partial charge on any atom is 0.404 e. The summed E-state index contributed by atoms with van der Waals surface area (Å²) in [4.78, 5) is 10.2. The zero-order valence-electron chi connectivity index (χ0n) is 6.40. The van der Waals surface area contributed by atoms with Crippen LogP contribution in [0.1, 0.15) is 5.56 Å². The van der Waals surface area contributed by atoms with Crippen molar-refractivity contribution < 1.29 is 9.53 Å². The molecule has 3 nitrogen and oxygen atoms in total. The largest absolute Gasteiger partial charge is 0.445 e. The zero-order valence-corrected chi connectivity index (χ0v) is 7.21. The van der Waals surface area contributed by atoms with Gasteiger partial charge in [-0.25, -0.2) is 4.79 Å². The predicted octanol–water partition coefficient (Wildman–Crippen LogP) is 1.70. The van der Waals surface area contributed by atoms with Crippen molar-refractivity contribution in [2.75, 3.05) is 0 Å². The summed E-state index contributed by atoms with van der Waals surface area (Å²) in [5.74, 6) is 0. The summed E-state index contributed by atoms with van der Waals surface area (Å²) in [6.07, 6.45) is -0.742. The van der Waals surface area contributed by atoms with Crippen LogP contribution in [-0.2, 0) is 11.3 Å². The van der Waals surface area contributed by atoms with Crippen LogP contribution >= 0.6 is 12.4 Å². The Bertz CT molecular complexity index is 238. The number of benzene rings is 1. The number of hydrogen-bond acceptors (Lipinski definition) is 2. The lowest BCUT2D eigenvalue weighted by molar-refractivity contribution is 0.150. The average Bonchev–Trinajstić information content (AvgIpc) is 2.03. The van der Waals surface area contributed by atoms with Gasteiger partial charge in [0, 0.05) is 0 Å². The van der Waals surface area contributed by atoms with Crippen molar-refractivity contribution in [3.63, 3.8) is 0 Å². The number of nitrogens with two attached hydrogens (primary N) is 1. The molecule has 12 heavy (non-hydrogen) atoms. The molecule has 1 aromatic rings. The van der Waals surface area contributed by atoms with Gasteiger partial charge in [0.25, 0.3) is 0 Å². The van der Waals surface area contributed by atoms with Crippen LogP contribution in [0.3, 0.4) is 0 Å². The van der Waals surface area contributed by atoms with Crippen LogP contribution in [0.2, 0.25) is 0 Å². The van der Waals surface area contributed by atoms with Gasteiger partial charge in [-0.2, -0.15) is 0 Å². The van der Waals surface area contributed by atoms with Gasteiger partial charge >= 0.3 is 6.09 Å². The van der Waals surface area contributed by atoms with E-state index >= 15 is 0 Å². The van der Waals surface area contributed by atoms with Gasteiger partial charge in [0.15, 0.2) is 0 Å². The van der Waals surface area contributed by atoms with E-state index in [1.165, 1.54) is 0 Å². The summed E-state index contributed by atoms with van der Waals surface area (Å²) < 4.78 is 4.57. The molecule has 1 rings (SSSR count). The fraction of sp³-hybridized carbons (Fsp3) is 0.125. The molecule has 0 bridgehead atoms. The molecule has 66 valence electrons. The first-order valence-electron chi connectivity index (χ1n) is 3.25. The monoisotopic (exact) mass is 187 g/mol. The Hall–Kier alpha value is -1.22. The standard InChI is InChI=1S/C8H9NO2.ClH/c9-8(10)11-6-7-4-2-1-3-5-7;/h1-5H,6H2,(H2,9,10);1H. The average molecular weight is 188 g/mol. The third kappa shape index (κ3) is 3.83. The second kappa shape index (κ2) is 5.43. The number of amides is 1. The quantitative estimate of drug-likeness (QED) is 0.766. The van der Waals surface area contributed by atoms with Gasteiger partial charge in [0.1, 0.15) is 6.61 Å². The number of hydrogen-bond donors (Lipinski definition) is 1. The normalized spacial score (nSPS) is 8.33. The molecule has 0 aliphatic heterocycles. The lowest BCUT2D eigenvalue weighted by Gasteiger charge is -1.99. The van der Waals surface area contributed by atoms with E-state index in [-0.39, 0.29) is 19.0 Å². The SMILES string of the molecule is Cl.NC(=O)OCc1ccccc1. The molecule has 0 spiro atoms. The minimum atomic E-state index is -0.742. The number of carbonyl (C=O) groups is 1. The summed E-state index contributed by atoms with van der Waals surface area (Å²) in [5.41, 5.74) is 5.72. The van der Waals surface area contributed by atoms with Crippen LogP contribution < -0.4 is 5.73 Å². The van der Waals surface area contributed by atoms with Gasteiger partial charge in [0.05, 0.1) is 0 Å². The molecule has 0 fully saturated rings. The Morgan fingerprint density at radius 2 is 1.92 bits per heavy atom. The first-order chi connectivity index (χ1) is 5.29. The van der Waals surface area contributed by atoms with E-state index in [4.69, 9.17) is 5.73 Å². The summed E-state index contributed by atoms with van der Waals surface area (Å²) in [7, 11) is 0. The molecule has 4 heteroatoms. The van der Waals surface area contributed by atoms with Crippen LogP contribution in [0.25, 0.3) is 0 Å². The minimum absolute atomic E-state index is 0. The zero-order chi connectivity index (χ0) is 8.10. The van der Waals surface area contributed by atoms with Crippen LogP contribution in [-0.4, -0.2) is 6.09 Å². The van der Waals surface area contributed by atoms with Crippen LogP contribution in [0.15, 0.2) is 30.3 Å². The smallest absolute Gasteiger partial charge is 0.404 e. The van der Waals surface area contributed by atoms with Crippen LogP contribution in [0, 0.1) is 0 Å². The molecular weight excluding hydrogens is 178 g/mol. The molecule has 0 unspecified atom stereocenters. The molecule has 0 aliphatic rings. The van der Waals surface area contributed by atoms with Crippen molar-refractivity contribution in [2.24, 2.45) is 5.73 Å². The van der Waals surface area contributed by atoms with E-state index in [1.54, 1.807) is 0 Å². The van der Waals surface area contributed by atoms with E-state index < -0.39 is 6.09 Å². The van der Waals surface area contributed by atoms with E-state index in [0.29, 0.717) is 0 Å². The van der Waals surface area contributed by atoms with Gasteiger partial charge in [-0.05, 0) is 5.56 Å². The highest BCUT2D eigenvalue weighted by atomic mass is 35.5. The molecule has 0 atom stereocenters. The number of ether oxygens (including phenoxy) is 1. The molecule has 1 amide bonds. The minimum Gasteiger partial charge on any atom is -0.445 e. The molecule has 0 heterocycles. The first kappa shape index (κ1) is 10.8.